The second-order valence-electron chi connectivity index (χ2n) is 6.70. The molecule has 7 heteroatoms. The standard InChI is InChI=1S/C20H24N4O2S/c1-14(26-13-17-4-3-5-17)12-22-19(25)24-20-23-15(2)18(27-20)7-6-16-8-10-21-11-9-16/h8-11,14,17H,3-5,12-13H2,1-2H3,(H2,22,23,24,25). The Hall–Kier alpha value is -2.43. The van der Waals surface area contributed by atoms with E-state index in [1.54, 1.807) is 12.4 Å². The molecular formula is C20H24N4O2S. The minimum Gasteiger partial charge on any atom is -0.376 e. The molecule has 3 rings (SSSR count). The SMILES string of the molecule is Cc1nc(NC(=O)NCC(C)OCC2CCC2)sc1C#Cc1ccncc1. The maximum Gasteiger partial charge on any atom is 0.321 e. The van der Waals surface area contributed by atoms with Crippen molar-refractivity contribution in [2.75, 3.05) is 18.5 Å². The Labute approximate surface area is 163 Å². The molecule has 2 aromatic rings. The van der Waals surface area contributed by atoms with Crippen molar-refractivity contribution in [3.63, 3.8) is 0 Å². The quantitative estimate of drug-likeness (QED) is 0.747. The van der Waals surface area contributed by atoms with Crippen molar-refractivity contribution in [2.24, 2.45) is 5.92 Å². The maximum absolute atomic E-state index is 12.1. The molecule has 2 aromatic heterocycles. The summed E-state index contributed by atoms with van der Waals surface area (Å²) in [7, 11) is 0. The van der Waals surface area contributed by atoms with Crippen LogP contribution in [0.5, 0.6) is 0 Å². The van der Waals surface area contributed by atoms with Crippen LogP contribution in [0.25, 0.3) is 0 Å². The molecular weight excluding hydrogens is 360 g/mol. The van der Waals surface area contributed by atoms with E-state index in [0.29, 0.717) is 17.6 Å². The first-order valence-electron chi connectivity index (χ1n) is 9.16. The number of hydrogen-bond donors (Lipinski definition) is 2. The minimum atomic E-state index is -0.281. The number of aryl methyl sites for hydroxylation is 1. The normalized spacial score (nSPS) is 14.6. The topological polar surface area (TPSA) is 76.1 Å². The molecule has 2 N–H and O–H groups in total. The van der Waals surface area contributed by atoms with Crippen LogP contribution in [0.2, 0.25) is 0 Å². The molecule has 0 saturated heterocycles. The summed E-state index contributed by atoms with van der Waals surface area (Å²) in [5.74, 6) is 6.87. The number of pyridine rings is 1. The van der Waals surface area contributed by atoms with Gasteiger partial charge in [-0.1, -0.05) is 23.7 Å². The molecule has 2 heterocycles. The molecule has 6 nitrogen and oxygen atoms in total. The average Bonchev–Trinajstić information content (AvgIpc) is 2.97. The van der Waals surface area contributed by atoms with Crippen LogP contribution >= 0.6 is 11.3 Å². The van der Waals surface area contributed by atoms with Crippen LogP contribution in [0.1, 0.15) is 42.3 Å². The molecule has 1 aliphatic rings. The molecule has 142 valence electrons. The highest BCUT2D eigenvalue weighted by molar-refractivity contribution is 7.16. The molecule has 1 saturated carbocycles. The van der Waals surface area contributed by atoms with Gasteiger partial charge in [0.25, 0.3) is 0 Å². The van der Waals surface area contributed by atoms with Gasteiger partial charge in [-0.15, -0.1) is 0 Å². The molecule has 0 aliphatic heterocycles. The predicted octanol–water partition coefficient (Wildman–Crippen LogP) is 3.57. The van der Waals surface area contributed by atoms with E-state index in [-0.39, 0.29) is 12.1 Å². The Morgan fingerprint density at radius 1 is 1.37 bits per heavy atom. The summed E-state index contributed by atoms with van der Waals surface area (Å²) in [6.45, 7) is 5.11. The Morgan fingerprint density at radius 2 is 2.15 bits per heavy atom. The van der Waals surface area contributed by atoms with Crippen LogP contribution < -0.4 is 10.6 Å². The zero-order valence-corrected chi connectivity index (χ0v) is 16.4. The van der Waals surface area contributed by atoms with Gasteiger partial charge in [0.05, 0.1) is 11.8 Å². The molecule has 2 amide bonds. The van der Waals surface area contributed by atoms with Crippen molar-refractivity contribution >= 4 is 22.5 Å². The lowest BCUT2D eigenvalue weighted by Crippen LogP contribution is -2.36. The van der Waals surface area contributed by atoms with Gasteiger partial charge in [-0.05, 0) is 50.7 Å². The van der Waals surface area contributed by atoms with Gasteiger partial charge in [-0.3, -0.25) is 10.3 Å². The molecule has 0 aromatic carbocycles. The maximum atomic E-state index is 12.1. The first-order valence-corrected chi connectivity index (χ1v) is 9.97. The number of urea groups is 1. The van der Waals surface area contributed by atoms with Gasteiger partial charge in [-0.2, -0.15) is 0 Å². The number of hydrogen-bond acceptors (Lipinski definition) is 5. The van der Waals surface area contributed by atoms with Gasteiger partial charge in [0, 0.05) is 31.1 Å². The van der Waals surface area contributed by atoms with Gasteiger partial charge in [-0.25, -0.2) is 9.78 Å². The molecule has 0 spiro atoms. The molecule has 1 unspecified atom stereocenters. The molecule has 0 bridgehead atoms. The van der Waals surface area contributed by atoms with E-state index in [1.807, 2.05) is 26.0 Å². The summed E-state index contributed by atoms with van der Waals surface area (Å²) in [5, 5.41) is 6.13. The van der Waals surface area contributed by atoms with Gasteiger partial charge >= 0.3 is 6.03 Å². The summed E-state index contributed by atoms with van der Waals surface area (Å²) in [6.07, 6.45) is 7.24. The Balaban J connectivity index is 1.46. The van der Waals surface area contributed by atoms with Crippen molar-refractivity contribution < 1.29 is 9.53 Å². The van der Waals surface area contributed by atoms with Crippen LogP contribution in [-0.2, 0) is 4.74 Å². The van der Waals surface area contributed by atoms with Crippen LogP contribution in [0, 0.1) is 24.7 Å². The highest BCUT2D eigenvalue weighted by Crippen LogP contribution is 2.26. The second kappa shape index (κ2) is 9.49. The van der Waals surface area contributed by atoms with E-state index in [9.17, 15) is 4.79 Å². The number of anilines is 1. The summed E-state index contributed by atoms with van der Waals surface area (Å²) in [5.41, 5.74) is 1.69. The third kappa shape index (κ3) is 6.05. The second-order valence-corrected chi connectivity index (χ2v) is 7.69. The molecule has 1 atom stereocenters. The molecule has 0 radical (unpaired) electrons. The number of nitrogens with zero attached hydrogens (tertiary/aromatic N) is 2. The van der Waals surface area contributed by atoms with E-state index in [1.165, 1.54) is 30.6 Å². The lowest BCUT2D eigenvalue weighted by molar-refractivity contribution is 0.0221. The first kappa shape index (κ1) is 19.3. The van der Waals surface area contributed by atoms with Crippen LogP contribution in [0.15, 0.2) is 24.5 Å². The minimum absolute atomic E-state index is 0.00355. The van der Waals surface area contributed by atoms with Crippen LogP contribution in [0.4, 0.5) is 9.93 Å². The van der Waals surface area contributed by atoms with Gasteiger partial charge < -0.3 is 10.1 Å². The van der Waals surface area contributed by atoms with Gasteiger partial charge in [0.2, 0.25) is 0 Å². The summed E-state index contributed by atoms with van der Waals surface area (Å²) >= 11 is 1.36. The zero-order chi connectivity index (χ0) is 19.1. The lowest BCUT2D eigenvalue weighted by atomic mass is 9.86. The van der Waals surface area contributed by atoms with Crippen LogP contribution in [0.3, 0.4) is 0 Å². The number of carbonyl (C=O) groups excluding carboxylic acids is 1. The number of aromatic nitrogens is 2. The third-order valence-electron chi connectivity index (χ3n) is 4.41. The van der Waals surface area contributed by atoms with Gasteiger partial charge in [0.1, 0.15) is 4.88 Å². The summed E-state index contributed by atoms with van der Waals surface area (Å²) in [4.78, 5) is 21.2. The molecule has 27 heavy (non-hydrogen) atoms. The van der Waals surface area contributed by atoms with Gasteiger partial charge in [0.15, 0.2) is 5.13 Å². The first-order chi connectivity index (χ1) is 13.1. The summed E-state index contributed by atoms with van der Waals surface area (Å²) in [6, 6.07) is 3.42. The summed E-state index contributed by atoms with van der Waals surface area (Å²) < 4.78 is 5.77. The average molecular weight is 385 g/mol. The fraction of sp³-hybridized carbons (Fsp3) is 0.450. The Bertz CT molecular complexity index is 821. The number of ether oxygens (including phenoxy) is 1. The van der Waals surface area contributed by atoms with E-state index >= 15 is 0 Å². The highest BCUT2D eigenvalue weighted by Gasteiger charge is 2.18. The number of carbonyl (C=O) groups is 1. The van der Waals surface area contributed by atoms with E-state index in [0.717, 1.165) is 22.7 Å². The third-order valence-corrected chi connectivity index (χ3v) is 5.40. The van der Waals surface area contributed by atoms with E-state index in [2.05, 4.69) is 32.4 Å². The predicted molar refractivity (Wildman–Crippen MR) is 107 cm³/mol. The van der Waals surface area contributed by atoms with Crippen molar-refractivity contribution in [1.82, 2.24) is 15.3 Å². The number of rotatable bonds is 6. The van der Waals surface area contributed by atoms with Crippen molar-refractivity contribution in [2.45, 2.75) is 39.2 Å². The number of amides is 2. The lowest BCUT2D eigenvalue weighted by Gasteiger charge is -2.26. The number of nitrogens with one attached hydrogen (secondary N) is 2. The Morgan fingerprint density at radius 3 is 2.85 bits per heavy atom. The molecule has 1 fully saturated rings. The van der Waals surface area contributed by atoms with Crippen molar-refractivity contribution in [1.29, 1.82) is 0 Å². The monoisotopic (exact) mass is 384 g/mol. The molecule has 1 aliphatic carbocycles. The number of thiazole rings is 1. The van der Waals surface area contributed by atoms with E-state index in [4.69, 9.17) is 4.74 Å². The fourth-order valence-electron chi connectivity index (χ4n) is 2.53. The van der Waals surface area contributed by atoms with E-state index < -0.39 is 0 Å². The largest absolute Gasteiger partial charge is 0.376 e. The van der Waals surface area contributed by atoms with Crippen molar-refractivity contribution in [3.05, 3.63) is 40.7 Å². The fourth-order valence-corrected chi connectivity index (χ4v) is 3.34. The smallest absolute Gasteiger partial charge is 0.321 e. The highest BCUT2D eigenvalue weighted by atomic mass is 32.1. The van der Waals surface area contributed by atoms with Crippen molar-refractivity contribution in [3.8, 4) is 11.8 Å². The Kier molecular flexibility index (Phi) is 6.80. The van der Waals surface area contributed by atoms with Crippen LogP contribution in [-0.4, -0.2) is 35.3 Å². The zero-order valence-electron chi connectivity index (χ0n) is 15.6.